The Labute approximate surface area is 122 Å². The van der Waals surface area contributed by atoms with Gasteiger partial charge in [0, 0.05) is 0 Å². The monoisotopic (exact) mass is 232 g/mol. The Kier molecular flexibility index (Phi) is 3.82. The van der Waals surface area contributed by atoms with Crippen molar-refractivity contribution in [3.63, 3.8) is 0 Å². The molecule has 0 heterocycles. The van der Waals surface area contributed by atoms with Crippen LogP contribution < -0.4 is 0 Å². The van der Waals surface area contributed by atoms with Gasteiger partial charge in [0.15, 0.2) is 0 Å². The topological polar surface area (TPSA) is 20.2 Å². The third-order valence-corrected chi connectivity index (χ3v) is 5.85. The van der Waals surface area contributed by atoms with E-state index in [4.69, 9.17) is 0 Å². The fraction of sp³-hybridized carbons (Fsp3) is 1.00. The van der Waals surface area contributed by atoms with Crippen LogP contribution >= 0.6 is 0 Å². The molecule has 1 N–H and O–H groups in total. The van der Waals surface area contributed by atoms with Gasteiger partial charge in [0.05, 0.1) is 5.60 Å². The van der Waals surface area contributed by atoms with Crippen molar-refractivity contribution in [3.8, 4) is 0 Å². The van der Waals surface area contributed by atoms with E-state index in [2.05, 4.69) is 13.8 Å². The average molecular weight is 232 g/mol. The number of hydrogen-bond donors (Lipinski definition) is 1. The molecular formula is C14H25NaO. The first kappa shape index (κ1) is 13.4. The molecule has 4 aliphatic rings. The summed E-state index contributed by atoms with van der Waals surface area (Å²) in [5, 5.41) is 11.1. The molecule has 0 radical (unpaired) electrons. The van der Waals surface area contributed by atoms with Crippen molar-refractivity contribution in [1.29, 1.82) is 0 Å². The van der Waals surface area contributed by atoms with Gasteiger partial charge in [-0.2, -0.15) is 0 Å². The molecule has 88 valence electrons. The van der Waals surface area contributed by atoms with E-state index in [9.17, 15) is 5.11 Å². The first-order chi connectivity index (χ1) is 7.14. The van der Waals surface area contributed by atoms with Crippen LogP contribution in [0, 0.1) is 29.6 Å². The predicted molar refractivity (Wildman–Crippen MR) is 68.6 cm³/mol. The maximum atomic E-state index is 11.1. The summed E-state index contributed by atoms with van der Waals surface area (Å²) in [6.45, 7) is 4.50. The van der Waals surface area contributed by atoms with Crippen molar-refractivity contribution in [2.75, 3.05) is 0 Å². The van der Waals surface area contributed by atoms with Crippen LogP contribution in [0.1, 0.15) is 52.4 Å². The van der Waals surface area contributed by atoms with E-state index < -0.39 is 0 Å². The maximum absolute atomic E-state index is 11.1. The third kappa shape index (κ3) is 1.74. The molecule has 4 aliphatic carbocycles. The van der Waals surface area contributed by atoms with E-state index in [1.165, 1.54) is 32.1 Å². The van der Waals surface area contributed by atoms with E-state index >= 15 is 0 Å². The molecule has 0 aromatic rings. The number of aliphatic hydroxyl groups is 1. The minimum atomic E-state index is -0.290. The second kappa shape index (κ2) is 4.57. The molecule has 0 spiro atoms. The summed E-state index contributed by atoms with van der Waals surface area (Å²) in [7, 11) is 0. The Morgan fingerprint density at radius 3 is 1.88 bits per heavy atom. The zero-order valence-electron chi connectivity index (χ0n) is 10.1. The van der Waals surface area contributed by atoms with Gasteiger partial charge in [-0.05, 0) is 61.7 Å². The van der Waals surface area contributed by atoms with Gasteiger partial charge in [0.25, 0.3) is 0 Å². The van der Waals surface area contributed by atoms with Gasteiger partial charge in [0.2, 0.25) is 0 Å². The van der Waals surface area contributed by atoms with Gasteiger partial charge in [-0.1, -0.05) is 20.3 Å². The second-order valence-electron chi connectivity index (χ2n) is 6.50. The van der Waals surface area contributed by atoms with E-state index in [-0.39, 0.29) is 35.2 Å². The summed E-state index contributed by atoms with van der Waals surface area (Å²) in [6.07, 6.45) is 7.92. The fourth-order valence-corrected chi connectivity index (χ4v) is 5.07. The van der Waals surface area contributed by atoms with Crippen molar-refractivity contribution in [2.24, 2.45) is 29.6 Å². The molecule has 1 atom stereocenters. The molecule has 4 fully saturated rings. The van der Waals surface area contributed by atoms with Crippen LogP contribution in [0.25, 0.3) is 0 Å². The SMILES string of the molecule is CCC(C)C1(O)C2CC3CC(C2)CC1C3.[NaH]. The van der Waals surface area contributed by atoms with Crippen LogP contribution in [0.4, 0.5) is 0 Å². The molecule has 4 saturated carbocycles. The molecule has 1 nitrogen and oxygen atoms in total. The summed E-state index contributed by atoms with van der Waals surface area (Å²) < 4.78 is 0. The van der Waals surface area contributed by atoms with E-state index in [0.29, 0.717) is 17.8 Å². The van der Waals surface area contributed by atoms with Gasteiger partial charge >= 0.3 is 29.6 Å². The first-order valence-corrected chi connectivity index (χ1v) is 6.86. The molecule has 2 heteroatoms. The standard InChI is InChI=1S/C14H24O.Na.H/c1-3-9(2)14(15)12-5-10-4-11(7-12)8-13(14)6-10;;/h9-13,15H,3-8H2,1-2H3;;. The van der Waals surface area contributed by atoms with Crippen LogP contribution in [-0.4, -0.2) is 40.3 Å². The molecule has 1 unspecified atom stereocenters. The summed E-state index contributed by atoms with van der Waals surface area (Å²) in [5.41, 5.74) is -0.290. The number of hydrogen-bond acceptors (Lipinski definition) is 1. The third-order valence-electron chi connectivity index (χ3n) is 5.85. The molecule has 0 amide bonds. The molecule has 16 heavy (non-hydrogen) atoms. The van der Waals surface area contributed by atoms with Gasteiger partial charge in [-0.3, -0.25) is 0 Å². The average Bonchev–Trinajstić information content (AvgIpc) is 2.23. The van der Waals surface area contributed by atoms with Crippen LogP contribution in [0.5, 0.6) is 0 Å². The first-order valence-electron chi connectivity index (χ1n) is 6.86. The minimum absolute atomic E-state index is 0. The van der Waals surface area contributed by atoms with Crippen molar-refractivity contribution >= 4 is 29.6 Å². The van der Waals surface area contributed by atoms with Crippen LogP contribution in [0.15, 0.2) is 0 Å². The van der Waals surface area contributed by atoms with Gasteiger partial charge < -0.3 is 5.11 Å². The van der Waals surface area contributed by atoms with Gasteiger partial charge in [0.1, 0.15) is 0 Å². The summed E-state index contributed by atoms with van der Waals surface area (Å²) in [5.74, 6) is 3.73. The Morgan fingerprint density at radius 2 is 1.50 bits per heavy atom. The number of rotatable bonds is 2. The zero-order valence-corrected chi connectivity index (χ0v) is 10.1. The summed E-state index contributed by atoms with van der Waals surface area (Å²) >= 11 is 0. The van der Waals surface area contributed by atoms with Crippen molar-refractivity contribution in [2.45, 2.75) is 58.0 Å². The van der Waals surface area contributed by atoms with Crippen LogP contribution in [0.3, 0.4) is 0 Å². The molecule has 0 aromatic heterocycles. The van der Waals surface area contributed by atoms with Crippen molar-refractivity contribution < 1.29 is 5.11 Å². The summed E-state index contributed by atoms with van der Waals surface area (Å²) in [6, 6.07) is 0. The van der Waals surface area contributed by atoms with Crippen LogP contribution in [-0.2, 0) is 0 Å². The molecule has 4 bridgehead atoms. The Bertz CT molecular complexity index is 235. The molecule has 0 aromatic carbocycles. The Hall–Kier alpha value is 0.960. The van der Waals surface area contributed by atoms with Crippen LogP contribution in [0.2, 0.25) is 0 Å². The summed E-state index contributed by atoms with van der Waals surface area (Å²) in [4.78, 5) is 0. The predicted octanol–water partition coefficient (Wildman–Crippen LogP) is 2.57. The van der Waals surface area contributed by atoms with Crippen molar-refractivity contribution in [3.05, 3.63) is 0 Å². The normalized spacial score (nSPS) is 51.2. The Morgan fingerprint density at radius 1 is 1.06 bits per heavy atom. The fourth-order valence-electron chi connectivity index (χ4n) is 5.07. The van der Waals surface area contributed by atoms with E-state index in [1.54, 1.807) is 0 Å². The molecular weight excluding hydrogens is 207 g/mol. The molecule has 0 aliphatic heterocycles. The van der Waals surface area contributed by atoms with Gasteiger partial charge in [-0.25, -0.2) is 0 Å². The molecule has 4 rings (SSSR count). The van der Waals surface area contributed by atoms with Crippen molar-refractivity contribution in [1.82, 2.24) is 0 Å². The zero-order chi connectivity index (χ0) is 10.6. The second-order valence-corrected chi connectivity index (χ2v) is 6.50. The quantitative estimate of drug-likeness (QED) is 0.726. The van der Waals surface area contributed by atoms with E-state index in [0.717, 1.165) is 18.3 Å². The van der Waals surface area contributed by atoms with Gasteiger partial charge in [-0.15, -0.1) is 0 Å². The molecule has 0 saturated heterocycles. The Balaban J connectivity index is 0.000000963. The van der Waals surface area contributed by atoms with E-state index in [1.807, 2.05) is 0 Å².